The van der Waals surface area contributed by atoms with Gasteiger partial charge in [-0.2, -0.15) is 5.10 Å². The zero-order chi connectivity index (χ0) is 16.8. The lowest BCUT2D eigenvalue weighted by molar-refractivity contribution is 0.317. The van der Waals surface area contributed by atoms with E-state index in [0.717, 1.165) is 34.7 Å². The predicted octanol–water partition coefficient (Wildman–Crippen LogP) is 4.14. The lowest BCUT2D eigenvalue weighted by atomic mass is 10.1. The van der Waals surface area contributed by atoms with Gasteiger partial charge in [-0.15, -0.1) is 0 Å². The first-order valence-electron chi connectivity index (χ1n) is 7.87. The maximum absolute atomic E-state index is 8.95. The van der Waals surface area contributed by atoms with Crippen LogP contribution in [0.15, 0.2) is 65.9 Å². The summed E-state index contributed by atoms with van der Waals surface area (Å²) in [5, 5.41) is 16.8. The SMILES string of the molecule is CCCOc1cccc(-c2nn(-c3ccccc3)cc2/C=N/O)c1. The van der Waals surface area contributed by atoms with Crippen LogP contribution in [0.4, 0.5) is 0 Å². The molecule has 3 rings (SSSR count). The fraction of sp³-hybridized carbons (Fsp3) is 0.158. The van der Waals surface area contributed by atoms with E-state index in [1.165, 1.54) is 6.21 Å². The smallest absolute Gasteiger partial charge is 0.119 e. The van der Waals surface area contributed by atoms with Crippen LogP contribution in [0.2, 0.25) is 0 Å². The molecule has 1 aromatic heterocycles. The van der Waals surface area contributed by atoms with E-state index in [4.69, 9.17) is 9.94 Å². The van der Waals surface area contributed by atoms with Crippen molar-refractivity contribution in [1.29, 1.82) is 0 Å². The normalized spacial score (nSPS) is 11.0. The number of hydrogen-bond donors (Lipinski definition) is 1. The molecule has 0 bridgehead atoms. The molecule has 24 heavy (non-hydrogen) atoms. The summed E-state index contributed by atoms with van der Waals surface area (Å²) in [4.78, 5) is 0. The van der Waals surface area contributed by atoms with Gasteiger partial charge < -0.3 is 9.94 Å². The molecule has 0 unspecified atom stereocenters. The average Bonchev–Trinajstić information content (AvgIpc) is 3.05. The summed E-state index contributed by atoms with van der Waals surface area (Å²) in [6, 6.07) is 17.6. The molecule has 0 amide bonds. The molecule has 0 aliphatic heterocycles. The molecule has 0 aliphatic rings. The quantitative estimate of drug-likeness (QED) is 0.422. The first kappa shape index (κ1) is 15.8. The Balaban J connectivity index is 2.02. The van der Waals surface area contributed by atoms with Crippen LogP contribution in [0.1, 0.15) is 18.9 Å². The summed E-state index contributed by atoms with van der Waals surface area (Å²) in [7, 11) is 0. The molecule has 3 aromatic rings. The molecule has 0 saturated heterocycles. The summed E-state index contributed by atoms with van der Waals surface area (Å²) in [6.45, 7) is 2.74. The first-order valence-corrected chi connectivity index (χ1v) is 7.87. The lowest BCUT2D eigenvalue weighted by Gasteiger charge is -2.06. The van der Waals surface area contributed by atoms with Crippen molar-refractivity contribution < 1.29 is 9.94 Å². The highest BCUT2D eigenvalue weighted by Crippen LogP contribution is 2.26. The Hall–Kier alpha value is -3.08. The van der Waals surface area contributed by atoms with Gasteiger partial charge in [0.1, 0.15) is 11.4 Å². The summed E-state index contributed by atoms with van der Waals surface area (Å²) in [6.07, 6.45) is 4.18. The van der Waals surface area contributed by atoms with Crippen molar-refractivity contribution in [3.8, 4) is 22.7 Å². The second-order valence-electron chi connectivity index (χ2n) is 5.33. The van der Waals surface area contributed by atoms with Gasteiger partial charge in [0.15, 0.2) is 0 Å². The van der Waals surface area contributed by atoms with Crippen LogP contribution >= 0.6 is 0 Å². The number of nitrogens with zero attached hydrogens (tertiary/aromatic N) is 3. The van der Waals surface area contributed by atoms with E-state index in [1.807, 2.05) is 60.8 Å². The van der Waals surface area contributed by atoms with Crippen molar-refractivity contribution in [2.24, 2.45) is 5.16 Å². The van der Waals surface area contributed by atoms with E-state index >= 15 is 0 Å². The molecule has 0 aliphatic carbocycles. The zero-order valence-corrected chi connectivity index (χ0v) is 13.5. The van der Waals surface area contributed by atoms with Crippen molar-refractivity contribution in [2.75, 3.05) is 6.61 Å². The minimum Gasteiger partial charge on any atom is -0.494 e. The van der Waals surface area contributed by atoms with Crippen LogP contribution in [0.25, 0.3) is 16.9 Å². The Labute approximate surface area is 140 Å². The van der Waals surface area contributed by atoms with Gasteiger partial charge in [-0.25, -0.2) is 4.68 Å². The van der Waals surface area contributed by atoms with E-state index in [-0.39, 0.29) is 0 Å². The average molecular weight is 321 g/mol. The highest BCUT2D eigenvalue weighted by Gasteiger charge is 2.12. The second-order valence-corrected chi connectivity index (χ2v) is 5.33. The van der Waals surface area contributed by atoms with Gasteiger partial charge in [-0.3, -0.25) is 0 Å². The van der Waals surface area contributed by atoms with Crippen LogP contribution in [0.5, 0.6) is 5.75 Å². The molecule has 0 radical (unpaired) electrons. The van der Waals surface area contributed by atoms with Gasteiger partial charge in [-0.05, 0) is 30.7 Å². The van der Waals surface area contributed by atoms with E-state index in [1.54, 1.807) is 4.68 Å². The highest BCUT2D eigenvalue weighted by atomic mass is 16.5. The number of hydrogen-bond acceptors (Lipinski definition) is 4. The maximum Gasteiger partial charge on any atom is 0.119 e. The molecule has 122 valence electrons. The van der Waals surface area contributed by atoms with Gasteiger partial charge in [0.05, 0.1) is 18.5 Å². The molecule has 1 N–H and O–H groups in total. The van der Waals surface area contributed by atoms with Gasteiger partial charge in [-0.1, -0.05) is 42.4 Å². The summed E-state index contributed by atoms with van der Waals surface area (Å²) in [5.74, 6) is 0.801. The summed E-state index contributed by atoms with van der Waals surface area (Å²) < 4.78 is 7.46. The van der Waals surface area contributed by atoms with E-state index in [9.17, 15) is 0 Å². The molecule has 0 saturated carbocycles. The fourth-order valence-corrected chi connectivity index (χ4v) is 2.43. The Bertz CT molecular complexity index is 826. The first-order chi connectivity index (χ1) is 11.8. The van der Waals surface area contributed by atoms with Crippen molar-refractivity contribution in [3.05, 3.63) is 66.4 Å². The third-order valence-electron chi connectivity index (χ3n) is 3.54. The number of para-hydroxylation sites is 1. The fourth-order valence-electron chi connectivity index (χ4n) is 2.43. The molecule has 0 atom stereocenters. The number of oxime groups is 1. The molecular weight excluding hydrogens is 302 g/mol. The third kappa shape index (κ3) is 3.46. The van der Waals surface area contributed by atoms with Crippen molar-refractivity contribution in [1.82, 2.24) is 9.78 Å². The Morgan fingerprint density at radius 3 is 2.75 bits per heavy atom. The van der Waals surface area contributed by atoms with Gasteiger partial charge in [0.2, 0.25) is 0 Å². The Morgan fingerprint density at radius 1 is 1.17 bits per heavy atom. The van der Waals surface area contributed by atoms with Gasteiger partial charge in [0, 0.05) is 17.3 Å². The minimum atomic E-state index is 0.673. The van der Waals surface area contributed by atoms with Crippen molar-refractivity contribution in [3.63, 3.8) is 0 Å². The molecule has 0 fully saturated rings. The van der Waals surface area contributed by atoms with Crippen LogP contribution in [-0.4, -0.2) is 27.8 Å². The minimum absolute atomic E-state index is 0.673. The van der Waals surface area contributed by atoms with Crippen LogP contribution in [-0.2, 0) is 0 Å². The van der Waals surface area contributed by atoms with Crippen molar-refractivity contribution >= 4 is 6.21 Å². The molecular formula is C19H19N3O2. The second kappa shape index (κ2) is 7.46. The highest BCUT2D eigenvalue weighted by molar-refractivity contribution is 5.88. The maximum atomic E-state index is 8.95. The number of ether oxygens (including phenoxy) is 1. The number of benzene rings is 2. The monoisotopic (exact) mass is 321 g/mol. The largest absolute Gasteiger partial charge is 0.494 e. The van der Waals surface area contributed by atoms with Crippen LogP contribution in [0.3, 0.4) is 0 Å². The van der Waals surface area contributed by atoms with Crippen LogP contribution in [0, 0.1) is 0 Å². The Morgan fingerprint density at radius 2 is 2.00 bits per heavy atom. The van der Waals surface area contributed by atoms with E-state index in [2.05, 4.69) is 17.2 Å². The number of rotatable bonds is 6. The molecule has 5 heteroatoms. The predicted molar refractivity (Wildman–Crippen MR) is 94.2 cm³/mol. The van der Waals surface area contributed by atoms with E-state index < -0.39 is 0 Å². The topological polar surface area (TPSA) is 59.6 Å². The Kier molecular flexibility index (Phi) is 4.91. The van der Waals surface area contributed by atoms with Crippen molar-refractivity contribution in [2.45, 2.75) is 13.3 Å². The molecule has 2 aromatic carbocycles. The summed E-state index contributed by atoms with van der Waals surface area (Å²) >= 11 is 0. The molecule has 0 spiro atoms. The zero-order valence-electron chi connectivity index (χ0n) is 13.5. The molecule has 1 heterocycles. The third-order valence-corrected chi connectivity index (χ3v) is 3.54. The standard InChI is InChI=1S/C19H19N3O2/c1-2-11-24-18-10-6-7-15(12-18)19-16(13-20-23)14-22(21-19)17-8-4-3-5-9-17/h3-10,12-14,23H,2,11H2,1H3/b20-13+. The van der Waals surface area contributed by atoms with Gasteiger partial charge >= 0.3 is 0 Å². The number of aromatic nitrogens is 2. The van der Waals surface area contributed by atoms with E-state index in [0.29, 0.717) is 6.61 Å². The lowest BCUT2D eigenvalue weighted by Crippen LogP contribution is -1.96. The van der Waals surface area contributed by atoms with Gasteiger partial charge in [0.25, 0.3) is 0 Å². The molecule has 5 nitrogen and oxygen atoms in total. The van der Waals surface area contributed by atoms with Crippen LogP contribution < -0.4 is 4.74 Å². The summed E-state index contributed by atoms with van der Waals surface area (Å²) in [5.41, 5.74) is 3.32.